The topological polar surface area (TPSA) is 65.5 Å². The lowest BCUT2D eigenvalue weighted by Gasteiger charge is -2.38. The quantitative estimate of drug-likeness (QED) is 0.521. The largest absolute Gasteiger partial charge is 0.354 e. The van der Waals surface area contributed by atoms with Crippen molar-refractivity contribution in [2.75, 3.05) is 36.4 Å². The fourth-order valence-electron chi connectivity index (χ4n) is 3.83. The molecule has 1 fully saturated rings. The van der Waals surface area contributed by atoms with Gasteiger partial charge >= 0.3 is 0 Å². The molecule has 1 unspecified atom stereocenters. The average molecular weight is 493 g/mol. The van der Waals surface area contributed by atoms with Gasteiger partial charge in [0.05, 0.1) is 11.7 Å². The zero-order valence-corrected chi connectivity index (χ0v) is 19.5. The van der Waals surface area contributed by atoms with Gasteiger partial charge in [0, 0.05) is 48.0 Å². The standard InChI is InChI=1S/C25H25BrN4O2/c1-18(29-13-15-30(16-14-29)23-12-11-20(26)17-27-23)25(32)28-22-10-6-5-9-21(22)24(31)19-7-3-2-4-8-19/h2-12,17-18H,13-16H2,1H3,(H,28,32). The summed E-state index contributed by atoms with van der Waals surface area (Å²) < 4.78 is 0.955. The summed E-state index contributed by atoms with van der Waals surface area (Å²) in [5, 5.41) is 2.97. The van der Waals surface area contributed by atoms with Crippen LogP contribution in [0.1, 0.15) is 22.8 Å². The molecule has 1 atom stereocenters. The molecule has 1 saturated heterocycles. The number of aromatic nitrogens is 1. The molecule has 1 N–H and O–H groups in total. The van der Waals surface area contributed by atoms with E-state index in [4.69, 9.17) is 0 Å². The monoisotopic (exact) mass is 492 g/mol. The number of hydrogen-bond acceptors (Lipinski definition) is 5. The molecule has 0 saturated carbocycles. The molecule has 0 spiro atoms. The van der Waals surface area contributed by atoms with Crippen LogP contribution in [-0.2, 0) is 4.79 Å². The Morgan fingerprint density at radius 3 is 2.31 bits per heavy atom. The Morgan fingerprint density at radius 2 is 1.62 bits per heavy atom. The summed E-state index contributed by atoms with van der Waals surface area (Å²) in [4.78, 5) is 34.8. The van der Waals surface area contributed by atoms with Crippen molar-refractivity contribution in [3.63, 3.8) is 0 Å². The molecule has 3 aromatic rings. The molecule has 2 aromatic carbocycles. The van der Waals surface area contributed by atoms with Gasteiger partial charge in [0.15, 0.2) is 5.78 Å². The lowest BCUT2D eigenvalue weighted by Crippen LogP contribution is -2.53. The zero-order valence-electron chi connectivity index (χ0n) is 17.9. The van der Waals surface area contributed by atoms with Crippen molar-refractivity contribution in [2.45, 2.75) is 13.0 Å². The van der Waals surface area contributed by atoms with Crippen molar-refractivity contribution in [2.24, 2.45) is 0 Å². The normalized spacial score (nSPS) is 15.2. The van der Waals surface area contributed by atoms with Crippen molar-refractivity contribution in [1.29, 1.82) is 0 Å². The summed E-state index contributed by atoms with van der Waals surface area (Å²) in [6, 6.07) is 19.9. The van der Waals surface area contributed by atoms with E-state index in [0.717, 1.165) is 36.5 Å². The molecule has 4 rings (SSSR count). The van der Waals surface area contributed by atoms with Crippen LogP contribution in [0.15, 0.2) is 77.4 Å². The number of rotatable bonds is 6. The number of para-hydroxylation sites is 1. The van der Waals surface area contributed by atoms with Gasteiger partial charge in [0.1, 0.15) is 5.82 Å². The molecule has 1 aliphatic rings. The molecular formula is C25H25BrN4O2. The second-order valence-electron chi connectivity index (χ2n) is 7.76. The van der Waals surface area contributed by atoms with Crippen LogP contribution >= 0.6 is 15.9 Å². The third-order valence-electron chi connectivity index (χ3n) is 5.74. The Kier molecular flexibility index (Phi) is 6.97. The Morgan fingerprint density at radius 1 is 0.938 bits per heavy atom. The van der Waals surface area contributed by atoms with E-state index in [2.05, 4.69) is 36.0 Å². The third kappa shape index (κ3) is 5.06. The van der Waals surface area contributed by atoms with Crippen LogP contribution in [0.2, 0.25) is 0 Å². The number of piperazine rings is 1. The molecular weight excluding hydrogens is 468 g/mol. The van der Waals surface area contributed by atoms with E-state index < -0.39 is 0 Å². The van der Waals surface area contributed by atoms with Crippen molar-refractivity contribution >= 4 is 39.1 Å². The summed E-state index contributed by atoms with van der Waals surface area (Å²) in [5.74, 6) is 0.719. The molecule has 0 bridgehead atoms. The highest BCUT2D eigenvalue weighted by Gasteiger charge is 2.27. The molecule has 164 valence electrons. The van der Waals surface area contributed by atoms with Gasteiger partial charge in [-0.1, -0.05) is 42.5 Å². The lowest BCUT2D eigenvalue weighted by molar-refractivity contribution is -0.120. The first kappa shape index (κ1) is 22.2. The first-order valence-corrected chi connectivity index (χ1v) is 11.4. The number of carbonyl (C=O) groups is 2. The van der Waals surface area contributed by atoms with Gasteiger partial charge in [0.2, 0.25) is 5.91 Å². The highest BCUT2D eigenvalue weighted by molar-refractivity contribution is 9.10. The van der Waals surface area contributed by atoms with E-state index in [1.165, 1.54) is 0 Å². The second-order valence-corrected chi connectivity index (χ2v) is 8.68. The Labute approximate surface area is 196 Å². The molecule has 0 radical (unpaired) electrons. The molecule has 7 heteroatoms. The number of nitrogens with zero attached hydrogens (tertiary/aromatic N) is 3. The summed E-state index contributed by atoms with van der Waals surface area (Å²) in [5.41, 5.74) is 1.63. The Bertz CT molecular complexity index is 1080. The number of anilines is 2. The van der Waals surface area contributed by atoms with Crippen LogP contribution in [0, 0.1) is 0 Å². The van der Waals surface area contributed by atoms with Crippen molar-refractivity contribution < 1.29 is 9.59 Å². The van der Waals surface area contributed by atoms with E-state index in [9.17, 15) is 9.59 Å². The molecule has 0 aliphatic carbocycles. The van der Waals surface area contributed by atoms with Crippen molar-refractivity contribution in [3.05, 3.63) is 88.5 Å². The van der Waals surface area contributed by atoms with Gasteiger partial charge in [-0.25, -0.2) is 4.98 Å². The fourth-order valence-corrected chi connectivity index (χ4v) is 4.07. The average Bonchev–Trinajstić information content (AvgIpc) is 2.84. The summed E-state index contributed by atoms with van der Waals surface area (Å²) >= 11 is 3.41. The highest BCUT2D eigenvalue weighted by Crippen LogP contribution is 2.21. The first-order valence-electron chi connectivity index (χ1n) is 10.6. The number of ketones is 1. The molecule has 2 heterocycles. The SMILES string of the molecule is CC(C(=O)Nc1ccccc1C(=O)c1ccccc1)N1CCN(c2ccc(Br)cn2)CC1. The second kappa shape index (κ2) is 10.1. The number of nitrogens with one attached hydrogen (secondary N) is 1. The summed E-state index contributed by atoms with van der Waals surface area (Å²) in [7, 11) is 0. The lowest BCUT2D eigenvalue weighted by atomic mass is 10.0. The molecule has 1 aliphatic heterocycles. The van der Waals surface area contributed by atoms with Gasteiger partial charge in [-0.05, 0) is 47.1 Å². The number of amides is 1. The van der Waals surface area contributed by atoms with Gasteiger partial charge < -0.3 is 10.2 Å². The van der Waals surface area contributed by atoms with Crippen LogP contribution < -0.4 is 10.2 Å². The number of hydrogen-bond donors (Lipinski definition) is 1. The summed E-state index contributed by atoms with van der Waals surface area (Å²) in [6.45, 7) is 5.03. The molecule has 1 amide bonds. The number of pyridine rings is 1. The number of benzene rings is 2. The van der Waals surface area contributed by atoms with Gasteiger partial charge in [-0.15, -0.1) is 0 Å². The number of halogens is 1. The fraction of sp³-hybridized carbons (Fsp3) is 0.240. The minimum atomic E-state index is -0.310. The van der Waals surface area contributed by atoms with Crippen molar-refractivity contribution in [1.82, 2.24) is 9.88 Å². The van der Waals surface area contributed by atoms with Crippen LogP contribution in [-0.4, -0.2) is 53.8 Å². The molecule has 1 aromatic heterocycles. The van der Waals surface area contributed by atoms with Crippen LogP contribution in [0.25, 0.3) is 0 Å². The van der Waals surface area contributed by atoms with Crippen LogP contribution in [0.3, 0.4) is 0 Å². The van der Waals surface area contributed by atoms with Crippen LogP contribution in [0.5, 0.6) is 0 Å². The maximum Gasteiger partial charge on any atom is 0.241 e. The Balaban J connectivity index is 1.39. The van der Waals surface area contributed by atoms with Gasteiger partial charge in [-0.3, -0.25) is 14.5 Å². The van der Waals surface area contributed by atoms with Crippen molar-refractivity contribution in [3.8, 4) is 0 Å². The zero-order chi connectivity index (χ0) is 22.5. The summed E-state index contributed by atoms with van der Waals surface area (Å²) in [6.07, 6.45) is 1.80. The van der Waals surface area contributed by atoms with Crippen LogP contribution in [0.4, 0.5) is 11.5 Å². The van der Waals surface area contributed by atoms with E-state index in [1.807, 2.05) is 49.4 Å². The maximum atomic E-state index is 13.0. The number of carbonyl (C=O) groups excluding carboxylic acids is 2. The van der Waals surface area contributed by atoms with E-state index >= 15 is 0 Å². The predicted octanol–water partition coefficient (Wildman–Crippen LogP) is 4.22. The van der Waals surface area contributed by atoms with E-state index in [-0.39, 0.29) is 17.7 Å². The predicted molar refractivity (Wildman–Crippen MR) is 130 cm³/mol. The molecule has 6 nitrogen and oxygen atoms in total. The highest BCUT2D eigenvalue weighted by atomic mass is 79.9. The van der Waals surface area contributed by atoms with E-state index in [1.54, 1.807) is 30.5 Å². The minimum absolute atomic E-state index is 0.107. The minimum Gasteiger partial charge on any atom is -0.354 e. The van der Waals surface area contributed by atoms with Gasteiger partial charge in [-0.2, -0.15) is 0 Å². The maximum absolute atomic E-state index is 13.0. The smallest absolute Gasteiger partial charge is 0.241 e. The molecule has 32 heavy (non-hydrogen) atoms. The third-order valence-corrected chi connectivity index (χ3v) is 6.21. The Hall–Kier alpha value is -3.03. The van der Waals surface area contributed by atoms with E-state index in [0.29, 0.717) is 16.8 Å². The van der Waals surface area contributed by atoms with Gasteiger partial charge in [0.25, 0.3) is 0 Å². The first-order chi connectivity index (χ1) is 15.5.